The number of halogens is 3. The molecule has 130 valence electrons. The van der Waals surface area contributed by atoms with Crippen molar-refractivity contribution in [3.63, 3.8) is 0 Å². The van der Waals surface area contributed by atoms with E-state index in [2.05, 4.69) is 10.4 Å². The van der Waals surface area contributed by atoms with Gasteiger partial charge in [-0.2, -0.15) is 18.3 Å². The van der Waals surface area contributed by atoms with Gasteiger partial charge in [0.15, 0.2) is 0 Å². The number of hydrogen-bond acceptors (Lipinski definition) is 2. The number of nitrogens with one attached hydrogen (secondary N) is 1. The van der Waals surface area contributed by atoms with Crippen molar-refractivity contribution in [1.82, 2.24) is 15.1 Å². The first-order valence-corrected chi connectivity index (χ1v) is 8.05. The van der Waals surface area contributed by atoms with E-state index in [-0.39, 0.29) is 6.42 Å². The molecule has 1 saturated carbocycles. The highest BCUT2D eigenvalue weighted by atomic mass is 19.4. The number of amides is 1. The summed E-state index contributed by atoms with van der Waals surface area (Å²) < 4.78 is 40.9. The second kappa shape index (κ2) is 6.93. The maximum Gasteiger partial charge on any atom is 0.392 e. The van der Waals surface area contributed by atoms with E-state index < -0.39 is 23.9 Å². The van der Waals surface area contributed by atoms with Crippen LogP contribution in [0.4, 0.5) is 13.2 Å². The largest absolute Gasteiger partial charge is 0.392 e. The molecular formula is C16H24F3N3O. The van der Waals surface area contributed by atoms with Crippen LogP contribution >= 0.6 is 0 Å². The summed E-state index contributed by atoms with van der Waals surface area (Å²) in [6.07, 6.45) is -2.10. The fourth-order valence-electron chi connectivity index (χ4n) is 3.46. The van der Waals surface area contributed by atoms with E-state index in [0.29, 0.717) is 32.2 Å². The highest BCUT2D eigenvalue weighted by Crippen LogP contribution is 2.41. The van der Waals surface area contributed by atoms with Crippen molar-refractivity contribution in [1.29, 1.82) is 0 Å². The van der Waals surface area contributed by atoms with Crippen LogP contribution in [0.1, 0.15) is 42.6 Å². The molecule has 2 atom stereocenters. The van der Waals surface area contributed by atoms with Gasteiger partial charge in [0.2, 0.25) is 5.91 Å². The van der Waals surface area contributed by atoms with Gasteiger partial charge in [-0.05, 0) is 38.7 Å². The van der Waals surface area contributed by atoms with E-state index in [1.165, 1.54) is 0 Å². The molecule has 0 aromatic carbocycles. The van der Waals surface area contributed by atoms with Gasteiger partial charge in [0.25, 0.3) is 0 Å². The van der Waals surface area contributed by atoms with E-state index >= 15 is 0 Å². The number of carbonyl (C=O) groups excluding carboxylic acids is 1. The Morgan fingerprint density at radius 1 is 1.30 bits per heavy atom. The Hall–Kier alpha value is -1.53. The third-order valence-corrected chi connectivity index (χ3v) is 4.86. The first-order valence-electron chi connectivity index (χ1n) is 8.05. The van der Waals surface area contributed by atoms with E-state index in [1.54, 1.807) is 4.68 Å². The molecule has 7 heteroatoms. The van der Waals surface area contributed by atoms with Gasteiger partial charge in [0.1, 0.15) is 0 Å². The average Bonchev–Trinajstić information content (AvgIpc) is 2.72. The van der Waals surface area contributed by atoms with Crippen molar-refractivity contribution in [2.24, 2.45) is 18.9 Å². The Morgan fingerprint density at radius 2 is 1.96 bits per heavy atom. The van der Waals surface area contributed by atoms with Gasteiger partial charge < -0.3 is 5.32 Å². The summed E-state index contributed by atoms with van der Waals surface area (Å²) in [6.45, 7) is 4.18. The lowest BCUT2D eigenvalue weighted by Crippen LogP contribution is -2.43. The van der Waals surface area contributed by atoms with Gasteiger partial charge in [-0.1, -0.05) is 12.8 Å². The van der Waals surface area contributed by atoms with E-state index in [9.17, 15) is 18.0 Å². The van der Waals surface area contributed by atoms with Gasteiger partial charge in [-0.15, -0.1) is 0 Å². The van der Waals surface area contributed by atoms with Crippen molar-refractivity contribution in [3.05, 3.63) is 17.0 Å². The average molecular weight is 331 g/mol. The van der Waals surface area contributed by atoms with Crippen LogP contribution < -0.4 is 5.32 Å². The molecule has 0 saturated heterocycles. The first-order chi connectivity index (χ1) is 10.7. The monoisotopic (exact) mass is 331 g/mol. The molecule has 2 unspecified atom stereocenters. The fraction of sp³-hybridized carbons (Fsp3) is 0.750. The molecule has 1 aliphatic rings. The Labute approximate surface area is 134 Å². The Bertz CT molecular complexity index is 566. The lowest BCUT2D eigenvalue weighted by Gasteiger charge is -2.32. The summed E-state index contributed by atoms with van der Waals surface area (Å²) in [5.74, 6) is -2.91. The van der Waals surface area contributed by atoms with Crippen LogP contribution in [0, 0.1) is 25.7 Å². The molecule has 23 heavy (non-hydrogen) atoms. The molecule has 2 rings (SSSR count). The van der Waals surface area contributed by atoms with Crippen LogP contribution in [0.25, 0.3) is 0 Å². The summed E-state index contributed by atoms with van der Waals surface area (Å²) >= 11 is 0. The first kappa shape index (κ1) is 17.8. The van der Waals surface area contributed by atoms with Gasteiger partial charge in [0, 0.05) is 25.2 Å². The second-order valence-corrected chi connectivity index (χ2v) is 6.35. The Balaban J connectivity index is 1.93. The number of carbonyl (C=O) groups is 1. The fourth-order valence-corrected chi connectivity index (χ4v) is 3.46. The molecule has 0 aliphatic heterocycles. The van der Waals surface area contributed by atoms with Crippen molar-refractivity contribution in [3.8, 4) is 0 Å². The topological polar surface area (TPSA) is 46.9 Å². The second-order valence-electron chi connectivity index (χ2n) is 6.35. The SMILES string of the molecule is Cc1nn(C)c(C)c1CCNC(=O)C1CCCCC1C(F)(F)F. The molecule has 4 nitrogen and oxygen atoms in total. The third-order valence-electron chi connectivity index (χ3n) is 4.86. The molecule has 0 spiro atoms. The standard InChI is InChI=1S/C16H24F3N3O/c1-10-12(11(2)22(3)21-10)8-9-20-15(23)13-6-4-5-7-14(13)16(17,18)19/h13-14H,4-9H2,1-3H3,(H,20,23). The minimum Gasteiger partial charge on any atom is -0.356 e. The predicted molar refractivity (Wildman–Crippen MR) is 80.9 cm³/mol. The molecule has 1 aromatic heterocycles. The van der Waals surface area contributed by atoms with Gasteiger partial charge in [-0.3, -0.25) is 9.48 Å². The lowest BCUT2D eigenvalue weighted by atomic mass is 9.78. The van der Waals surface area contributed by atoms with Crippen LogP contribution in [0.15, 0.2) is 0 Å². The highest BCUT2D eigenvalue weighted by Gasteiger charge is 2.47. The molecule has 1 amide bonds. The molecule has 1 heterocycles. The number of aromatic nitrogens is 2. The van der Waals surface area contributed by atoms with Crippen LogP contribution in [0.3, 0.4) is 0 Å². The summed E-state index contributed by atoms with van der Waals surface area (Å²) in [5, 5.41) is 6.99. The minimum atomic E-state index is -4.29. The predicted octanol–water partition coefficient (Wildman–Crippen LogP) is 3.06. The van der Waals surface area contributed by atoms with Crippen molar-refractivity contribution >= 4 is 5.91 Å². The number of alkyl halides is 3. The molecule has 0 radical (unpaired) electrons. The maximum absolute atomic E-state index is 13.1. The van der Waals surface area contributed by atoms with E-state index in [4.69, 9.17) is 0 Å². The Kier molecular flexibility index (Phi) is 5.37. The number of nitrogens with zero attached hydrogens (tertiary/aromatic N) is 2. The molecule has 0 bridgehead atoms. The van der Waals surface area contributed by atoms with Gasteiger partial charge >= 0.3 is 6.18 Å². The van der Waals surface area contributed by atoms with Gasteiger partial charge in [0.05, 0.1) is 11.6 Å². The quantitative estimate of drug-likeness (QED) is 0.922. The third kappa shape index (κ3) is 4.06. The zero-order valence-corrected chi connectivity index (χ0v) is 13.8. The normalized spacial score (nSPS) is 22.2. The molecule has 1 aliphatic carbocycles. The summed E-state index contributed by atoms with van der Waals surface area (Å²) in [7, 11) is 1.85. The Morgan fingerprint density at radius 3 is 2.52 bits per heavy atom. The van der Waals surface area contributed by atoms with E-state index in [1.807, 2.05) is 20.9 Å². The number of rotatable bonds is 4. The van der Waals surface area contributed by atoms with Gasteiger partial charge in [-0.25, -0.2) is 0 Å². The number of hydrogen-bond donors (Lipinski definition) is 1. The minimum absolute atomic E-state index is 0.0579. The van der Waals surface area contributed by atoms with Crippen molar-refractivity contribution in [2.45, 2.75) is 52.1 Å². The smallest absolute Gasteiger partial charge is 0.356 e. The zero-order valence-electron chi connectivity index (χ0n) is 13.8. The molecule has 1 fully saturated rings. The molecular weight excluding hydrogens is 307 g/mol. The van der Waals surface area contributed by atoms with Crippen LogP contribution in [-0.2, 0) is 18.3 Å². The molecule has 1 aromatic rings. The maximum atomic E-state index is 13.1. The van der Waals surface area contributed by atoms with Crippen molar-refractivity contribution < 1.29 is 18.0 Å². The van der Waals surface area contributed by atoms with Crippen molar-refractivity contribution in [2.75, 3.05) is 6.54 Å². The van der Waals surface area contributed by atoms with Crippen LogP contribution in [0.2, 0.25) is 0 Å². The highest BCUT2D eigenvalue weighted by molar-refractivity contribution is 5.79. The summed E-state index contributed by atoms with van der Waals surface area (Å²) in [5.41, 5.74) is 2.96. The molecule has 1 N–H and O–H groups in total. The van der Waals surface area contributed by atoms with Crippen LogP contribution in [-0.4, -0.2) is 28.4 Å². The summed E-state index contributed by atoms with van der Waals surface area (Å²) in [4.78, 5) is 12.2. The van der Waals surface area contributed by atoms with Crippen LogP contribution in [0.5, 0.6) is 0 Å². The number of aryl methyl sites for hydroxylation is 2. The lowest BCUT2D eigenvalue weighted by molar-refractivity contribution is -0.198. The zero-order chi connectivity index (χ0) is 17.2. The summed E-state index contributed by atoms with van der Waals surface area (Å²) in [6, 6.07) is 0. The van der Waals surface area contributed by atoms with E-state index in [0.717, 1.165) is 17.0 Å².